The van der Waals surface area contributed by atoms with Crippen LogP contribution in [0.5, 0.6) is 0 Å². The number of rotatable bonds is 4. The Bertz CT molecular complexity index is 634. The lowest BCUT2D eigenvalue weighted by molar-refractivity contribution is 0.605. The van der Waals surface area contributed by atoms with Gasteiger partial charge in [-0.15, -0.1) is 0 Å². The molecule has 1 atom stereocenters. The Balaban J connectivity index is 2.61. The van der Waals surface area contributed by atoms with Gasteiger partial charge in [-0.3, -0.25) is 0 Å². The van der Waals surface area contributed by atoms with Crippen LogP contribution in [0.4, 0.5) is 4.39 Å². The average molecular weight is 418 g/mol. The lowest BCUT2D eigenvalue weighted by Gasteiger charge is -2.24. The van der Waals surface area contributed by atoms with Crippen molar-refractivity contribution in [2.45, 2.75) is 26.8 Å². The topological polar surface area (TPSA) is 12.0 Å². The Labute approximate surface area is 144 Å². The molecule has 21 heavy (non-hydrogen) atoms. The molecule has 0 aromatic heterocycles. The van der Waals surface area contributed by atoms with Gasteiger partial charge in [0.15, 0.2) is 0 Å². The van der Waals surface area contributed by atoms with Crippen molar-refractivity contribution in [1.82, 2.24) is 5.32 Å². The lowest BCUT2D eigenvalue weighted by atomic mass is 9.91. The first-order valence-electron chi connectivity index (χ1n) is 6.89. The third kappa shape index (κ3) is 3.76. The average Bonchev–Trinajstić information content (AvgIpc) is 2.39. The largest absolute Gasteiger partial charge is 0.306 e. The summed E-state index contributed by atoms with van der Waals surface area (Å²) in [5, 5.41) is 4.21. The van der Waals surface area contributed by atoms with Crippen LogP contribution in [0.2, 0.25) is 5.02 Å². The molecule has 0 spiro atoms. The fourth-order valence-corrected chi connectivity index (χ4v) is 3.51. The molecule has 4 heteroatoms. The highest BCUT2D eigenvalue weighted by molar-refractivity contribution is 14.1. The van der Waals surface area contributed by atoms with Gasteiger partial charge in [0.2, 0.25) is 0 Å². The molecule has 1 nitrogen and oxygen atoms in total. The van der Waals surface area contributed by atoms with Crippen molar-refractivity contribution in [3.63, 3.8) is 0 Å². The van der Waals surface area contributed by atoms with Crippen molar-refractivity contribution >= 4 is 34.2 Å². The smallest absolute Gasteiger partial charge is 0.123 e. The van der Waals surface area contributed by atoms with Crippen LogP contribution >= 0.6 is 34.2 Å². The Morgan fingerprint density at radius 2 is 1.81 bits per heavy atom. The SMILES string of the molecule is CCNC(c1cc(Cl)ccc1I)c1c(C)cc(F)cc1C. The number of halogens is 3. The first kappa shape index (κ1) is 16.7. The van der Waals surface area contributed by atoms with E-state index in [9.17, 15) is 4.39 Å². The standard InChI is InChI=1S/C17H18ClFIN/c1-4-21-17(14-9-12(18)5-6-15(14)20)16-10(2)7-13(19)8-11(16)3/h5-9,17,21H,4H2,1-3H3. The zero-order valence-electron chi connectivity index (χ0n) is 12.3. The summed E-state index contributed by atoms with van der Waals surface area (Å²) in [5.41, 5.74) is 4.16. The molecule has 0 aliphatic carbocycles. The molecule has 1 unspecified atom stereocenters. The Morgan fingerprint density at radius 1 is 1.19 bits per heavy atom. The van der Waals surface area contributed by atoms with Crippen molar-refractivity contribution in [3.05, 3.63) is 67.0 Å². The molecular weight excluding hydrogens is 400 g/mol. The van der Waals surface area contributed by atoms with E-state index in [4.69, 9.17) is 11.6 Å². The highest BCUT2D eigenvalue weighted by atomic mass is 127. The summed E-state index contributed by atoms with van der Waals surface area (Å²) in [4.78, 5) is 0. The van der Waals surface area contributed by atoms with Crippen LogP contribution in [0.15, 0.2) is 30.3 Å². The Kier molecular flexibility index (Phi) is 5.63. The second-order valence-corrected chi connectivity index (χ2v) is 6.71. The maximum absolute atomic E-state index is 13.6. The van der Waals surface area contributed by atoms with Gasteiger partial charge >= 0.3 is 0 Å². The van der Waals surface area contributed by atoms with E-state index in [1.54, 1.807) is 12.1 Å². The minimum absolute atomic E-state index is 0.0150. The highest BCUT2D eigenvalue weighted by Crippen LogP contribution is 2.32. The number of benzene rings is 2. The quantitative estimate of drug-likeness (QED) is 0.657. The zero-order valence-corrected chi connectivity index (χ0v) is 15.2. The van der Waals surface area contributed by atoms with Crippen LogP contribution in [-0.4, -0.2) is 6.54 Å². The monoisotopic (exact) mass is 417 g/mol. The molecule has 0 saturated heterocycles. The third-order valence-corrected chi connectivity index (χ3v) is 4.74. The number of aryl methyl sites for hydroxylation is 2. The van der Waals surface area contributed by atoms with Crippen LogP contribution in [0.25, 0.3) is 0 Å². The highest BCUT2D eigenvalue weighted by Gasteiger charge is 2.20. The number of hydrogen-bond acceptors (Lipinski definition) is 1. The van der Waals surface area contributed by atoms with E-state index in [1.165, 1.54) is 0 Å². The van der Waals surface area contributed by atoms with E-state index in [2.05, 4.69) is 34.8 Å². The minimum Gasteiger partial charge on any atom is -0.306 e. The van der Waals surface area contributed by atoms with E-state index >= 15 is 0 Å². The third-order valence-electron chi connectivity index (χ3n) is 3.52. The Morgan fingerprint density at radius 3 is 2.38 bits per heavy atom. The second kappa shape index (κ2) is 7.07. The van der Waals surface area contributed by atoms with Crippen molar-refractivity contribution in [2.24, 2.45) is 0 Å². The van der Waals surface area contributed by atoms with Crippen molar-refractivity contribution in [3.8, 4) is 0 Å². The Hall–Kier alpha value is -0.650. The van der Waals surface area contributed by atoms with Gasteiger partial charge in [-0.25, -0.2) is 4.39 Å². The molecular formula is C17H18ClFIN. The lowest BCUT2D eigenvalue weighted by Crippen LogP contribution is -2.24. The summed E-state index contributed by atoms with van der Waals surface area (Å²) in [6.07, 6.45) is 0. The normalized spacial score (nSPS) is 12.5. The molecule has 112 valence electrons. The first-order valence-corrected chi connectivity index (χ1v) is 8.34. The number of nitrogens with one attached hydrogen (secondary N) is 1. The molecule has 0 bridgehead atoms. The molecule has 1 N–H and O–H groups in total. The van der Waals surface area contributed by atoms with Gasteiger partial charge in [-0.05, 0) is 95.6 Å². The van der Waals surface area contributed by atoms with Gasteiger partial charge in [-0.2, -0.15) is 0 Å². The fourth-order valence-electron chi connectivity index (χ4n) is 2.68. The van der Waals surface area contributed by atoms with Crippen LogP contribution in [0, 0.1) is 23.2 Å². The molecule has 0 amide bonds. The summed E-state index contributed by atoms with van der Waals surface area (Å²) in [6, 6.07) is 9.07. The van der Waals surface area contributed by atoms with Crippen LogP contribution in [-0.2, 0) is 0 Å². The molecule has 2 rings (SSSR count). The maximum Gasteiger partial charge on any atom is 0.123 e. The zero-order chi connectivity index (χ0) is 15.6. The van der Waals surface area contributed by atoms with Crippen molar-refractivity contribution in [2.75, 3.05) is 6.54 Å². The van der Waals surface area contributed by atoms with E-state index < -0.39 is 0 Å². The molecule has 0 aliphatic heterocycles. The van der Waals surface area contributed by atoms with E-state index in [1.807, 2.05) is 32.0 Å². The predicted molar refractivity (Wildman–Crippen MR) is 95.6 cm³/mol. The van der Waals surface area contributed by atoms with Gasteiger partial charge < -0.3 is 5.32 Å². The minimum atomic E-state index is -0.190. The molecule has 0 saturated carbocycles. The molecule has 0 radical (unpaired) electrons. The van der Waals surface area contributed by atoms with Gasteiger partial charge in [0.25, 0.3) is 0 Å². The van der Waals surface area contributed by atoms with E-state index in [0.717, 1.165) is 32.4 Å². The van der Waals surface area contributed by atoms with Gasteiger partial charge in [-0.1, -0.05) is 18.5 Å². The van der Waals surface area contributed by atoms with Crippen molar-refractivity contribution < 1.29 is 4.39 Å². The van der Waals surface area contributed by atoms with Gasteiger partial charge in [0.05, 0.1) is 6.04 Å². The molecule has 0 fully saturated rings. The summed E-state index contributed by atoms with van der Waals surface area (Å²) in [6.45, 7) is 6.79. The van der Waals surface area contributed by atoms with Gasteiger partial charge in [0.1, 0.15) is 5.82 Å². The fraction of sp³-hybridized carbons (Fsp3) is 0.294. The summed E-state index contributed by atoms with van der Waals surface area (Å²) < 4.78 is 14.7. The van der Waals surface area contributed by atoms with Crippen LogP contribution in [0.1, 0.15) is 35.2 Å². The van der Waals surface area contributed by atoms with E-state index in [0.29, 0.717) is 5.02 Å². The molecule has 0 aliphatic rings. The number of hydrogen-bond donors (Lipinski definition) is 1. The van der Waals surface area contributed by atoms with Gasteiger partial charge in [0, 0.05) is 8.59 Å². The maximum atomic E-state index is 13.6. The predicted octanol–water partition coefficient (Wildman–Crippen LogP) is 5.40. The van der Waals surface area contributed by atoms with E-state index in [-0.39, 0.29) is 11.9 Å². The molecule has 2 aromatic carbocycles. The van der Waals surface area contributed by atoms with Crippen molar-refractivity contribution in [1.29, 1.82) is 0 Å². The van der Waals surface area contributed by atoms with Crippen LogP contribution in [0.3, 0.4) is 0 Å². The summed E-state index contributed by atoms with van der Waals surface area (Å²) in [5.74, 6) is -0.190. The molecule has 2 aromatic rings. The summed E-state index contributed by atoms with van der Waals surface area (Å²) in [7, 11) is 0. The summed E-state index contributed by atoms with van der Waals surface area (Å²) >= 11 is 8.48. The first-order chi connectivity index (χ1) is 9.93. The molecule has 0 heterocycles. The van der Waals surface area contributed by atoms with Crippen LogP contribution < -0.4 is 5.32 Å². The second-order valence-electron chi connectivity index (χ2n) is 5.11.